The number of aryl methyl sites for hydroxylation is 1. The standard InChI is InChI=1S/C13H14N2O4S/c1-2-13-14-10(8-20-13)7-19-12-4-3-9(6-16)5-11(12)15(17)18/h3-5,8,16H,2,6-7H2,1H3. The zero-order valence-corrected chi connectivity index (χ0v) is 11.7. The lowest BCUT2D eigenvalue weighted by Gasteiger charge is -2.06. The number of hydrogen-bond acceptors (Lipinski definition) is 6. The molecule has 106 valence electrons. The van der Waals surface area contributed by atoms with Crippen LogP contribution in [0.2, 0.25) is 0 Å². The maximum atomic E-state index is 11.0. The Morgan fingerprint density at radius 2 is 2.30 bits per heavy atom. The molecule has 0 radical (unpaired) electrons. The van der Waals surface area contributed by atoms with Crippen molar-refractivity contribution in [1.29, 1.82) is 0 Å². The molecule has 0 saturated carbocycles. The summed E-state index contributed by atoms with van der Waals surface area (Å²) in [6, 6.07) is 4.41. The van der Waals surface area contributed by atoms with Crippen LogP contribution in [0.3, 0.4) is 0 Å². The molecule has 2 rings (SSSR count). The lowest BCUT2D eigenvalue weighted by molar-refractivity contribution is -0.386. The van der Waals surface area contributed by atoms with Crippen LogP contribution in [-0.2, 0) is 19.6 Å². The number of aromatic nitrogens is 1. The minimum absolute atomic E-state index is 0.150. The number of rotatable bonds is 6. The maximum absolute atomic E-state index is 11.0. The zero-order valence-electron chi connectivity index (χ0n) is 10.9. The molecular formula is C13H14N2O4S. The van der Waals surface area contributed by atoms with E-state index in [4.69, 9.17) is 9.84 Å². The van der Waals surface area contributed by atoms with E-state index in [9.17, 15) is 10.1 Å². The summed E-state index contributed by atoms with van der Waals surface area (Å²) < 4.78 is 5.46. The van der Waals surface area contributed by atoms with Gasteiger partial charge in [0, 0.05) is 11.4 Å². The van der Waals surface area contributed by atoms with Crippen LogP contribution in [0.1, 0.15) is 23.2 Å². The van der Waals surface area contributed by atoms with Gasteiger partial charge >= 0.3 is 5.69 Å². The van der Waals surface area contributed by atoms with Gasteiger partial charge in [0.25, 0.3) is 0 Å². The van der Waals surface area contributed by atoms with Crippen molar-refractivity contribution >= 4 is 17.0 Å². The molecule has 6 nitrogen and oxygen atoms in total. The highest BCUT2D eigenvalue weighted by atomic mass is 32.1. The topological polar surface area (TPSA) is 85.5 Å². The highest BCUT2D eigenvalue weighted by Gasteiger charge is 2.16. The van der Waals surface area contributed by atoms with E-state index in [2.05, 4.69) is 4.98 Å². The number of benzene rings is 1. The van der Waals surface area contributed by atoms with Crippen molar-refractivity contribution in [2.75, 3.05) is 0 Å². The largest absolute Gasteiger partial charge is 0.480 e. The number of nitro groups is 1. The number of nitrogens with zero attached hydrogens (tertiary/aromatic N) is 2. The molecule has 20 heavy (non-hydrogen) atoms. The van der Waals surface area contributed by atoms with Crippen LogP contribution in [0.25, 0.3) is 0 Å². The average Bonchev–Trinajstić information content (AvgIpc) is 2.92. The van der Waals surface area contributed by atoms with Crippen LogP contribution in [0.4, 0.5) is 5.69 Å². The molecule has 0 unspecified atom stereocenters. The third-order valence-corrected chi connectivity index (χ3v) is 3.72. The Morgan fingerprint density at radius 1 is 1.50 bits per heavy atom. The van der Waals surface area contributed by atoms with Gasteiger partial charge in [0.05, 0.1) is 22.2 Å². The van der Waals surface area contributed by atoms with E-state index in [0.717, 1.165) is 17.1 Å². The van der Waals surface area contributed by atoms with Crippen LogP contribution in [0.15, 0.2) is 23.6 Å². The molecule has 1 N–H and O–H groups in total. The third-order valence-electron chi connectivity index (χ3n) is 2.68. The Kier molecular flexibility index (Phi) is 4.65. The Bertz CT molecular complexity index is 612. The predicted octanol–water partition coefficient (Wildman–Crippen LogP) is 2.69. The summed E-state index contributed by atoms with van der Waals surface area (Å²) >= 11 is 1.54. The molecule has 1 aromatic carbocycles. The van der Waals surface area contributed by atoms with Crippen molar-refractivity contribution in [2.45, 2.75) is 26.6 Å². The van der Waals surface area contributed by atoms with Crippen molar-refractivity contribution in [3.63, 3.8) is 0 Å². The number of nitro benzene ring substituents is 1. The summed E-state index contributed by atoms with van der Waals surface area (Å²) in [6.07, 6.45) is 0.857. The minimum Gasteiger partial charge on any atom is -0.480 e. The fraction of sp³-hybridized carbons (Fsp3) is 0.308. The third kappa shape index (κ3) is 3.31. The fourth-order valence-electron chi connectivity index (χ4n) is 1.66. The van der Waals surface area contributed by atoms with Gasteiger partial charge in [-0.3, -0.25) is 10.1 Å². The van der Waals surface area contributed by atoms with Gasteiger partial charge < -0.3 is 9.84 Å². The van der Waals surface area contributed by atoms with Crippen LogP contribution < -0.4 is 4.74 Å². The molecule has 0 saturated heterocycles. The SMILES string of the molecule is CCc1nc(COc2ccc(CO)cc2[N+](=O)[O-])cs1. The van der Waals surface area contributed by atoms with Crippen molar-refractivity contribution in [3.8, 4) is 5.75 Å². The number of aliphatic hydroxyl groups is 1. The lowest BCUT2D eigenvalue weighted by atomic mass is 10.2. The molecule has 1 aromatic heterocycles. The Morgan fingerprint density at radius 3 is 2.90 bits per heavy atom. The molecule has 0 aliphatic rings. The molecule has 0 aliphatic carbocycles. The van der Waals surface area contributed by atoms with Crippen LogP contribution in [-0.4, -0.2) is 15.0 Å². The summed E-state index contributed by atoms with van der Waals surface area (Å²) in [4.78, 5) is 14.8. The molecule has 2 aromatic rings. The van der Waals surface area contributed by atoms with E-state index in [0.29, 0.717) is 5.56 Å². The number of hydrogen-bond donors (Lipinski definition) is 1. The van der Waals surface area contributed by atoms with Gasteiger partial charge in [0.2, 0.25) is 0 Å². The smallest absolute Gasteiger partial charge is 0.311 e. The summed E-state index contributed by atoms with van der Waals surface area (Å²) in [7, 11) is 0. The van der Waals surface area contributed by atoms with Gasteiger partial charge in [-0.15, -0.1) is 11.3 Å². The van der Waals surface area contributed by atoms with Crippen molar-refractivity contribution in [2.24, 2.45) is 0 Å². The Hall–Kier alpha value is -1.99. The van der Waals surface area contributed by atoms with E-state index in [1.165, 1.54) is 12.1 Å². The maximum Gasteiger partial charge on any atom is 0.311 e. The van der Waals surface area contributed by atoms with Crippen LogP contribution in [0.5, 0.6) is 5.75 Å². The molecule has 0 aliphatic heterocycles. The van der Waals surface area contributed by atoms with E-state index >= 15 is 0 Å². The molecular weight excluding hydrogens is 280 g/mol. The first kappa shape index (κ1) is 14.4. The molecule has 0 spiro atoms. The van der Waals surface area contributed by atoms with Gasteiger partial charge in [0.1, 0.15) is 6.61 Å². The molecule has 0 atom stereocenters. The first-order valence-electron chi connectivity index (χ1n) is 6.08. The highest BCUT2D eigenvalue weighted by molar-refractivity contribution is 7.09. The minimum atomic E-state index is -0.521. The molecule has 1 heterocycles. The normalized spacial score (nSPS) is 10.5. The van der Waals surface area contributed by atoms with Gasteiger partial charge in [-0.2, -0.15) is 0 Å². The van der Waals surface area contributed by atoms with E-state index < -0.39 is 4.92 Å². The zero-order chi connectivity index (χ0) is 14.5. The van der Waals surface area contributed by atoms with Gasteiger partial charge in [-0.1, -0.05) is 13.0 Å². The summed E-state index contributed by atoms with van der Waals surface area (Å²) in [5, 5.41) is 22.9. The average molecular weight is 294 g/mol. The molecule has 0 bridgehead atoms. The van der Waals surface area contributed by atoms with Crippen molar-refractivity contribution in [1.82, 2.24) is 4.98 Å². The van der Waals surface area contributed by atoms with E-state index in [-0.39, 0.29) is 24.7 Å². The quantitative estimate of drug-likeness (QED) is 0.654. The van der Waals surface area contributed by atoms with Crippen LogP contribution >= 0.6 is 11.3 Å². The second-order valence-electron chi connectivity index (χ2n) is 4.09. The van der Waals surface area contributed by atoms with Gasteiger partial charge in [0.15, 0.2) is 5.75 Å². The predicted molar refractivity (Wildman–Crippen MR) is 74.8 cm³/mol. The molecule has 0 amide bonds. The second-order valence-corrected chi connectivity index (χ2v) is 5.03. The lowest BCUT2D eigenvalue weighted by Crippen LogP contribution is -2.00. The Balaban J connectivity index is 2.14. The number of ether oxygens (including phenoxy) is 1. The molecule has 0 fully saturated rings. The fourth-order valence-corrected chi connectivity index (χ4v) is 2.38. The van der Waals surface area contributed by atoms with Crippen molar-refractivity contribution in [3.05, 3.63) is 50.0 Å². The molecule has 7 heteroatoms. The highest BCUT2D eigenvalue weighted by Crippen LogP contribution is 2.28. The van der Waals surface area contributed by atoms with E-state index in [1.807, 2.05) is 12.3 Å². The van der Waals surface area contributed by atoms with Gasteiger partial charge in [-0.25, -0.2) is 4.98 Å². The Labute approximate surface area is 119 Å². The number of aliphatic hydroxyl groups excluding tert-OH is 1. The van der Waals surface area contributed by atoms with Gasteiger partial charge in [-0.05, 0) is 18.1 Å². The van der Waals surface area contributed by atoms with E-state index in [1.54, 1.807) is 17.4 Å². The number of thiazole rings is 1. The van der Waals surface area contributed by atoms with Crippen LogP contribution in [0, 0.1) is 10.1 Å². The summed E-state index contributed by atoms with van der Waals surface area (Å²) in [5.74, 6) is 0.179. The second kappa shape index (κ2) is 6.44. The summed E-state index contributed by atoms with van der Waals surface area (Å²) in [6.45, 7) is 1.96. The van der Waals surface area contributed by atoms with Crippen molar-refractivity contribution < 1.29 is 14.8 Å². The monoisotopic (exact) mass is 294 g/mol. The first-order valence-corrected chi connectivity index (χ1v) is 6.96. The first-order chi connectivity index (χ1) is 9.63. The summed E-state index contributed by atoms with van der Waals surface area (Å²) in [5.41, 5.74) is 1.08.